The lowest BCUT2D eigenvalue weighted by molar-refractivity contribution is -0.159. The molecule has 0 aliphatic carbocycles. The number of piperazine rings is 1. The van der Waals surface area contributed by atoms with Gasteiger partial charge in [-0.05, 0) is 46.1 Å². The number of nitrogens with zero attached hydrogens (tertiary/aromatic N) is 1. The van der Waals surface area contributed by atoms with E-state index in [1.807, 2.05) is 6.26 Å². The maximum absolute atomic E-state index is 12.3. The van der Waals surface area contributed by atoms with Gasteiger partial charge >= 0.3 is 0 Å². The van der Waals surface area contributed by atoms with Crippen LogP contribution in [0.1, 0.15) is 34.1 Å². The molecule has 0 radical (unpaired) electrons. The molecular weight excluding hydrogens is 236 g/mol. The molecule has 1 fully saturated rings. The van der Waals surface area contributed by atoms with Crippen LogP contribution in [0.4, 0.5) is 0 Å². The predicted molar refractivity (Wildman–Crippen MR) is 71.0 cm³/mol. The molecule has 0 aromatic carbocycles. The van der Waals surface area contributed by atoms with Gasteiger partial charge in [0.1, 0.15) is 11.1 Å². The smallest absolute Gasteiger partial charge is 0.248 e. The van der Waals surface area contributed by atoms with Gasteiger partial charge in [-0.3, -0.25) is 9.59 Å². The lowest BCUT2D eigenvalue weighted by atomic mass is 9.89. The summed E-state index contributed by atoms with van der Waals surface area (Å²) in [5.74, 6) is 0.927. The minimum Gasteiger partial charge on any atom is -0.340 e. The Labute approximate surface area is 108 Å². The molecule has 1 aliphatic rings. The molecule has 0 unspecified atom stereocenters. The van der Waals surface area contributed by atoms with Crippen LogP contribution in [0.25, 0.3) is 0 Å². The molecule has 0 aromatic rings. The molecule has 0 bridgehead atoms. The highest BCUT2D eigenvalue weighted by molar-refractivity contribution is 7.98. The summed E-state index contributed by atoms with van der Waals surface area (Å²) in [4.78, 5) is 26.0. The van der Waals surface area contributed by atoms with Crippen LogP contribution >= 0.6 is 11.8 Å². The van der Waals surface area contributed by atoms with Crippen LogP contribution in [-0.2, 0) is 9.59 Å². The zero-order valence-corrected chi connectivity index (χ0v) is 12.1. The number of carbonyl (C=O) groups excluding carboxylic acids is 2. The molecule has 2 amide bonds. The number of hydrogen-bond acceptors (Lipinski definition) is 3. The van der Waals surface area contributed by atoms with E-state index in [0.717, 1.165) is 12.2 Å². The predicted octanol–water partition coefficient (Wildman–Crippen LogP) is 1.26. The molecule has 1 heterocycles. The third kappa shape index (κ3) is 2.76. The summed E-state index contributed by atoms with van der Waals surface area (Å²) in [5.41, 5.74) is -1.53. The van der Waals surface area contributed by atoms with Gasteiger partial charge in [-0.2, -0.15) is 11.8 Å². The van der Waals surface area contributed by atoms with Crippen molar-refractivity contribution in [1.29, 1.82) is 0 Å². The molecule has 0 aromatic heterocycles. The van der Waals surface area contributed by atoms with E-state index in [9.17, 15) is 9.59 Å². The van der Waals surface area contributed by atoms with E-state index in [2.05, 4.69) is 5.32 Å². The van der Waals surface area contributed by atoms with E-state index < -0.39 is 11.1 Å². The van der Waals surface area contributed by atoms with Crippen LogP contribution in [0.15, 0.2) is 0 Å². The van der Waals surface area contributed by atoms with Crippen molar-refractivity contribution in [3.05, 3.63) is 0 Å². The first-order valence-corrected chi connectivity index (χ1v) is 7.26. The van der Waals surface area contributed by atoms with Crippen molar-refractivity contribution in [2.45, 2.75) is 45.2 Å². The van der Waals surface area contributed by atoms with Crippen molar-refractivity contribution in [3.63, 3.8) is 0 Å². The van der Waals surface area contributed by atoms with Crippen LogP contribution in [0.2, 0.25) is 0 Å². The van der Waals surface area contributed by atoms with Crippen molar-refractivity contribution in [2.24, 2.45) is 0 Å². The van der Waals surface area contributed by atoms with Gasteiger partial charge in [0.2, 0.25) is 11.8 Å². The molecule has 1 rings (SSSR count). The van der Waals surface area contributed by atoms with E-state index in [1.165, 1.54) is 0 Å². The second-order valence-corrected chi connectivity index (χ2v) is 6.43. The average Bonchev–Trinajstić information content (AvgIpc) is 2.21. The van der Waals surface area contributed by atoms with Crippen molar-refractivity contribution in [1.82, 2.24) is 10.2 Å². The Balaban J connectivity index is 2.87. The van der Waals surface area contributed by atoms with Crippen molar-refractivity contribution >= 4 is 23.6 Å². The van der Waals surface area contributed by atoms with Gasteiger partial charge < -0.3 is 10.2 Å². The molecule has 1 aliphatic heterocycles. The summed E-state index contributed by atoms with van der Waals surface area (Å²) in [5, 5.41) is 2.78. The summed E-state index contributed by atoms with van der Waals surface area (Å²) in [6, 6.07) is 0. The number of thioether (sulfide) groups is 1. The lowest BCUT2D eigenvalue weighted by Gasteiger charge is -2.47. The lowest BCUT2D eigenvalue weighted by Crippen LogP contribution is -2.72. The fraction of sp³-hybridized carbons (Fsp3) is 0.833. The molecule has 5 heteroatoms. The third-order valence-electron chi connectivity index (χ3n) is 3.17. The molecule has 4 nitrogen and oxygen atoms in total. The zero-order valence-electron chi connectivity index (χ0n) is 11.3. The minimum absolute atomic E-state index is 0.00297. The van der Waals surface area contributed by atoms with E-state index in [4.69, 9.17) is 0 Å². The van der Waals surface area contributed by atoms with Gasteiger partial charge in [0, 0.05) is 6.54 Å². The van der Waals surface area contributed by atoms with Crippen LogP contribution in [0.5, 0.6) is 0 Å². The van der Waals surface area contributed by atoms with Gasteiger partial charge in [-0.25, -0.2) is 0 Å². The maximum Gasteiger partial charge on any atom is 0.248 e. The molecule has 98 valence electrons. The standard InChI is InChI=1S/C12H22N2O2S/c1-11(2)10(16)14(7-6-8-17-5)12(3,4)9(15)13-11/h6-8H2,1-5H3,(H,13,15). The Morgan fingerprint density at radius 1 is 1.24 bits per heavy atom. The van der Waals surface area contributed by atoms with Crippen LogP contribution < -0.4 is 5.32 Å². The monoisotopic (exact) mass is 258 g/mol. The first-order valence-electron chi connectivity index (χ1n) is 5.87. The summed E-state index contributed by atoms with van der Waals surface area (Å²) in [6.45, 7) is 7.75. The highest BCUT2D eigenvalue weighted by atomic mass is 32.2. The summed E-state index contributed by atoms with van der Waals surface area (Å²) < 4.78 is 0. The number of hydrogen-bond donors (Lipinski definition) is 1. The second-order valence-electron chi connectivity index (χ2n) is 5.44. The third-order valence-corrected chi connectivity index (χ3v) is 3.86. The highest BCUT2D eigenvalue weighted by Gasteiger charge is 2.49. The molecule has 0 atom stereocenters. The first-order chi connectivity index (χ1) is 7.73. The number of carbonyl (C=O) groups is 2. The van der Waals surface area contributed by atoms with Crippen molar-refractivity contribution < 1.29 is 9.59 Å². The number of rotatable bonds is 4. The summed E-state index contributed by atoms with van der Waals surface area (Å²) >= 11 is 1.75. The minimum atomic E-state index is -0.786. The van der Waals surface area contributed by atoms with Crippen LogP contribution in [0.3, 0.4) is 0 Å². The summed E-state index contributed by atoms with van der Waals surface area (Å²) in [6.07, 6.45) is 2.96. The van der Waals surface area contributed by atoms with Gasteiger partial charge in [-0.1, -0.05) is 0 Å². The largest absolute Gasteiger partial charge is 0.340 e. The molecule has 0 saturated carbocycles. The van der Waals surface area contributed by atoms with Crippen LogP contribution in [-0.4, -0.2) is 46.3 Å². The number of nitrogens with one attached hydrogen (secondary N) is 1. The Bertz CT molecular complexity index is 326. The first kappa shape index (κ1) is 14.4. The Morgan fingerprint density at radius 2 is 1.82 bits per heavy atom. The van der Waals surface area contributed by atoms with Crippen LogP contribution in [0, 0.1) is 0 Å². The Kier molecular flexibility index (Phi) is 4.12. The van der Waals surface area contributed by atoms with E-state index in [-0.39, 0.29) is 11.8 Å². The normalized spacial score (nSPS) is 22.5. The average molecular weight is 258 g/mol. The highest BCUT2D eigenvalue weighted by Crippen LogP contribution is 2.26. The molecule has 1 N–H and O–H groups in total. The maximum atomic E-state index is 12.3. The summed E-state index contributed by atoms with van der Waals surface area (Å²) in [7, 11) is 0. The SMILES string of the molecule is CSCCCN1C(=O)C(C)(C)NC(=O)C1(C)C. The van der Waals surface area contributed by atoms with Crippen molar-refractivity contribution in [2.75, 3.05) is 18.6 Å². The van der Waals surface area contributed by atoms with E-state index in [1.54, 1.807) is 44.4 Å². The van der Waals surface area contributed by atoms with Gasteiger partial charge in [0.15, 0.2) is 0 Å². The fourth-order valence-electron chi connectivity index (χ4n) is 1.95. The fourth-order valence-corrected chi connectivity index (χ4v) is 2.37. The topological polar surface area (TPSA) is 49.4 Å². The van der Waals surface area contributed by atoms with E-state index >= 15 is 0 Å². The molecular formula is C12H22N2O2S. The van der Waals surface area contributed by atoms with Gasteiger partial charge in [0.05, 0.1) is 0 Å². The van der Waals surface area contributed by atoms with E-state index in [0.29, 0.717) is 6.54 Å². The quantitative estimate of drug-likeness (QED) is 0.772. The molecule has 1 saturated heterocycles. The second kappa shape index (κ2) is 4.88. The molecule has 0 spiro atoms. The Hall–Kier alpha value is -0.710. The Morgan fingerprint density at radius 3 is 2.35 bits per heavy atom. The van der Waals surface area contributed by atoms with Crippen molar-refractivity contribution in [3.8, 4) is 0 Å². The number of amides is 2. The van der Waals surface area contributed by atoms with Gasteiger partial charge in [-0.15, -0.1) is 0 Å². The van der Waals surface area contributed by atoms with Gasteiger partial charge in [0.25, 0.3) is 0 Å². The zero-order chi connectivity index (χ0) is 13.3. The molecule has 17 heavy (non-hydrogen) atoms.